The van der Waals surface area contributed by atoms with E-state index in [0.717, 1.165) is 92.7 Å². The first kappa shape index (κ1) is 27.2. The lowest BCUT2D eigenvalue weighted by atomic mass is 9.90. The van der Waals surface area contributed by atoms with Crippen LogP contribution in [0.2, 0.25) is 0 Å². The van der Waals surface area contributed by atoms with Gasteiger partial charge in [-0.05, 0) is 80.3 Å². The zero-order chi connectivity index (χ0) is 27.6. The third-order valence-electron chi connectivity index (χ3n) is 8.86. The summed E-state index contributed by atoms with van der Waals surface area (Å²) < 4.78 is 12.0. The minimum atomic E-state index is -0.718. The van der Waals surface area contributed by atoms with E-state index in [-0.39, 0.29) is 5.92 Å². The number of rotatable bonds is 7. The molecule has 1 aromatic heterocycles. The number of hydrogen-bond acceptors (Lipinski definition) is 7. The van der Waals surface area contributed by atoms with Crippen LogP contribution in [-0.2, 0) is 29.1 Å². The number of carboxylic acid groups (broad SMARTS) is 1. The summed E-state index contributed by atoms with van der Waals surface area (Å²) in [6.45, 7) is 10.1. The third kappa shape index (κ3) is 5.76. The van der Waals surface area contributed by atoms with Gasteiger partial charge >= 0.3 is 5.97 Å². The molecule has 212 valence electrons. The van der Waals surface area contributed by atoms with Gasteiger partial charge in [-0.25, -0.2) is 4.98 Å². The highest BCUT2D eigenvalue weighted by Crippen LogP contribution is 2.36. The number of ether oxygens (including phenoxy) is 2. The first-order valence-electron chi connectivity index (χ1n) is 14.6. The number of aromatic nitrogens is 1. The van der Waals surface area contributed by atoms with E-state index in [2.05, 4.69) is 53.3 Å². The number of carboxylic acids is 1. The minimum Gasteiger partial charge on any atom is -0.488 e. The molecule has 40 heavy (non-hydrogen) atoms. The Balaban J connectivity index is 1.17. The highest BCUT2D eigenvalue weighted by atomic mass is 32.1. The zero-order valence-electron chi connectivity index (χ0n) is 23.5. The summed E-state index contributed by atoms with van der Waals surface area (Å²) in [7, 11) is 0. The smallest absolute Gasteiger partial charge is 0.308 e. The van der Waals surface area contributed by atoms with Crippen LogP contribution in [0.15, 0.2) is 35.7 Å². The molecule has 1 atom stereocenters. The van der Waals surface area contributed by atoms with Gasteiger partial charge in [0.05, 0.1) is 11.6 Å². The molecule has 2 saturated heterocycles. The van der Waals surface area contributed by atoms with Crippen molar-refractivity contribution in [2.24, 2.45) is 5.92 Å². The van der Waals surface area contributed by atoms with Crippen LogP contribution < -0.4 is 9.64 Å². The molecule has 0 amide bonds. The number of hydrogen-bond donors (Lipinski definition) is 1. The molecular formula is C32H39N3O4S. The van der Waals surface area contributed by atoms with E-state index in [1.165, 1.54) is 22.3 Å². The monoisotopic (exact) mass is 561 g/mol. The predicted molar refractivity (Wildman–Crippen MR) is 158 cm³/mol. The molecule has 0 radical (unpaired) electrons. The van der Waals surface area contributed by atoms with Gasteiger partial charge in [0.25, 0.3) is 0 Å². The maximum Gasteiger partial charge on any atom is 0.308 e. The quantitative estimate of drug-likeness (QED) is 0.388. The molecule has 2 aromatic carbocycles. The number of piperidine rings is 1. The van der Waals surface area contributed by atoms with E-state index in [9.17, 15) is 9.90 Å². The third-order valence-corrected chi connectivity index (χ3v) is 9.77. The highest BCUT2D eigenvalue weighted by Gasteiger charge is 2.28. The van der Waals surface area contributed by atoms with Crippen molar-refractivity contribution in [1.82, 2.24) is 9.88 Å². The number of carbonyl (C=O) groups is 1. The summed E-state index contributed by atoms with van der Waals surface area (Å²) in [5.41, 5.74) is 8.54. The number of anilines is 1. The van der Waals surface area contributed by atoms with E-state index in [1.54, 1.807) is 11.3 Å². The fourth-order valence-corrected chi connectivity index (χ4v) is 7.30. The van der Waals surface area contributed by atoms with E-state index in [4.69, 9.17) is 14.5 Å². The van der Waals surface area contributed by atoms with Crippen molar-refractivity contribution in [3.05, 3.63) is 63.5 Å². The normalized spacial score (nSPS) is 20.4. The van der Waals surface area contributed by atoms with Gasteiger partial charge in [-0.15, -0.1) is 11.3 Å². The summed E-state index contributed by atoms with van der Waals surface area (Å²) in [6.07, 6.45) is 4.97. The topological polar surface area (TPSA) is 75.1 Å². The maximum atomic E-state index is 11.5. The standard InChI is InChI=1S/C32H39N3O4S/c1-21-5-8-30(28(16-21)29-20-40-32(33-29)35-12-3-4-24(18-35)31(36)37)39-19-25-7-6-23-17-34(13-9-27(23)22(25)2)26-10-14-38-15-11-26/h5-8,16,20,24,26H,3-4,9-15,17-19H2,1-2H3,(H,36,37)/t24-/m0/s1. The van der Waals surface area contributed by atoms with Crippen LogP contribution in [0, 0.1) is 19.8 Å². The molecule has 3 aromatic rings. The van der Waals surface area contributed by atoms with Crippen LogP contribution in [0.5, 0.6) is 5.75 Å². The number of nitrogens with zero attached hydrogens (tertiary/aromatic N) is 3. The average Bonchev–Trinajstić information content (AvgIpc) is 3.48. The van der Waals surface area contributed by atoms with E-state index in [1.807, 2.05) is 6.07 Å². The molecule has 3 aliphatic heterocycles. The molecule has 0 bridgehead atoms. The molecule has 0 spiro atoms. The lowest BCUT2D eigenvalue weighted by Gasteiger charge is -2.38. The molecular weight excluding hydrogens is 522 g/mol. The van der Waals surface area contributed by atoms with Gasteiger partial charge in [-0.3, -0.25) is 9.69 Å². The number of benzene rings is 2. The van der Waals surface area contributed by atoms with E-state index < -0.39 is 5.97 Å². The molecule has 4 heterocycles. The number of aliphatic carboxylic acids is 1. The van der Waals surface area contributed by atoms with Crippen molar-refractivity contribution in [2.45, 2.75) is 65.1 Å². The fraction of sp³-hybridized carbons (Fsp3) is 0.500. The van der Waals surface area contributed by atoms with Gasteiger partial charge in [-0.1, -0.05) is 23.8 Å². The van der Waals surface area contributed by atoms with Gasteiger partial charge in [0, 0.05) is 56.4 Å². The van der Waals surface area contributed by atoms with Gasteiger partial charge in [-0.2, -0.15) is 0 Å². The maximum absolute atomic E-state index is 11.5. The van der Waals surface area contributed by atoms with E-state index in [0.29, 0.717) is 19.2 Å². The zero-order valence-corrected chi connectivity index (χ0v) is 24.3. The molecule has 3 aliphatic rings. The largest absolute Gasteiger partial charge is 0.488 e. The second-order valence-electron chi connectivity index (χ2n) is 11.5. The Hall–Kier alpha value is -2.94. The van der Waals surface area contributed by atoms with Gasteiger partial charge in [0.1, 0.15) is 12.4 Å². The van der Waals surface area contributed by atoms with Crippen LogP contribution in [0.1, 0.15) is 53.5 Å². The van der Waals surface area contributed by atoms with Crippen LogP contribution in [0.25, 0.3) is 11.3 Å². The van der Waals surface area contributed by atoms with Crippen LogP contribution in [0.4, 0.5) is 5.13 Å². The Morgan fingerprint density at radius 2 is 2.00 bits per heavy atom. The van der Waals surface area contributed by atoms with Crippen LogP contribution in [0.3, 0.4) is 0 Å². The molecule has 2 fully saturated rings. The van der Waals surface area contributed by atoms with E-state index >= 15 is 0 Å². The summed E-state index contributed by atoms with van der Waals surface area (Å²) in [5, 5.41) is 12.4. The molecule has 7 nitrogen and oxygen atoms in total. The van der Waals surface area contributed by atoms with Gasteiger partial charge in [0.2, 0.25) is 0 Å². The summed E-state index contributed by atoms with van der Waals surface area (Å²) >= 11 is 1.58. The molecule has 8 heteroatoms. The highest BCUT2D eigenvalue weighted by molar-refractivity contribution is 7.14. The number of aryl methyl sites for hydroxylation is 1. The molecule has 0 saturated carbocycles. The number of fused-ring (bicyclic) bond motifs is 1. The predicted octanol–water partition coefficient (Wildman–Crippen LogP) is 5.84. The van der Waals surface area contributed by atoms with Crippen molar-refractivity contribution in [3.8, 4) is 17.0 Å². The van der Waals surface area contributed by atoms with Gasteiger partial charge in [0.15, 0.2) is 5.13 Å². The number of thiazole rings is 1. The Labute approximate surface area is 240 Å². The molecule has 0 unspecified atom stereocenters. The second-order valence-corrected chi connectivity index (χ2v) is 12.3. The first-order valence-corrected chi connectivity index (χ1v) is 15.4. The lowest BCUT2D eigenvalue weighted by molar-refractivity contribution is -0.141. The average molecular weight is 562 g/mol. The summed E-state index contributed by atoms with van der Waals surface area (Å²) in [5.74, 6) is -0.221. The van der Waals surface area contributed by atoms with Crippen molar-refractivity contribution in [1.29, 1.82) is 0 Å². The first-order chi connectivity index (χ1) is 19.5. The van der Waals surface area contributed by atoms with Crippen LogP contribution in [-0.4, -0.2) is 59.8 Å². The second kappa shape index (κ2) is 11.9. The molecule has 0 aliphatic carbocycles. The summed E-state index contributed by atoms with van der Waals surface area (Å²) in [4.78, 5) is 21.2. The Kier molecular flexibility index (Phi) is 8.10. The lowest BCUT2D eigenvalue weighted by Crippen LogP contribution is -2.42. The Morgan fingerprint density at radius 1 is 1.15 bits per heavy atom. The summed E-state index contributed by atoms with van der Waals surface area (Å²) in [6, 6.07) is 11.5. The SMILES string of the molecule is Cc1ccc(OCc2ccc3c(c2C)CCN(C2CCOCC2)C3)c(-c2csc(N3CCC[C@H](C(=O)O)C3)n2)c1. The minimum absolute atomic E-state index is 0.330. The van der Waals surface area contributed by atoms with Crippen LogP contribution >= 0.6 is 11.3 Å². The molecule has 1 N–H and O–H groups in total. The van der Waals surface area contributed by atoms with Crippen molar-refractivity contribution >= 4 is 22.4 Å². The molecule has 6 rings (SSSR count). The van der Waals surface area contributed by atoms with Crippen molar-refractivity contribution < 1.29 is 19.4 Å². The van der Waals surface area contributed by atoms with Crippen molar-refractivity contribution in [2.75, 3.05) is 37.7 Å². The Morgan fingerprint density at radius 3 is 2.83 bits per heavy atom. The van der Waals surface area contributed by atoms with Gasteiger partial charge < -0.3 is 19.5 Å². The fourth-order valence-electron chi connectivity index (χ4n) is 6.44. The van der Waals surface area contributed by atoms with Crippen molar-refractivity contribution in [3.63, 3.8) is 0 Å². The Bertz CT molecular complexity index is 1370.